The van der Waals surface area contributed by atoms with Crippen molar-refractivity contribution in [2.45, 2.75) is 19.3 Å². The topological polar surface area (TPSA) is 67.0 Å². The van der Waals surface area contributed by atoms with E-state index in [-0.39, 0.29) is 5.91 Å². The zero-order valence-corrected chi connectivity index (χ0v) is 15.4. The van der Waals surface area contributed by atoms with Gasteiger partial charge in [0.15, 0.2) is 0 Å². The van der Waals surface area contributed by atoms with E-state index in [4.69, 9.17) is 4.74 Å². The van der Waals surface area contributed by atoms with Crippen LogP contribution < -0.4 is 10.1 Å². The summed E-state index contributed by atoms with van der Waals surface area (Å²) in [4.78, 5) is 19.7. The molecule has 3 aromatic rings. The van der Waals surface area contributed by atoms with E-state index in [9.17, 15) is 4.79 Å². The summed E-state index contributed by atoms with van der Waals surface area (Å²) in [5.41, 5.74) is 2.26. The SMILES string of the molecule is O=C(C#Cc1ccccc1)Nc1cc(-c2ncc[nH]2)ccc1OCC1CCC1. The summed E-state index contributed by atoms with van der Waals surface area (Å²) in [6.45, 7) is 0.665. The molecule has 5 nitrogen and oxygen atoms in total. The molecular weight excluding hydrogens is 350 g/mol. The molecule has 0 radical (unpaired) electrons. The molecule has 0 bridgehead atoms. The number of benzene rings is 2. The van der Waals surface area contributed by atoms with Gasteiger partial charge in [-0.2, -0.15) is 0 Å². The predicted molar refractivity (Wildman–Crippen MR) is 109 cm³/mol. The van der Waals surface area contributed by atoms with Gasteiger partial charge in [-0.05, 0) is 49.1 Å². The molecule has 1 aromatic heterocycles. The molecule has 140 valence electrons. The molecule has 0 atom stereocenters. The third kappa shape index (κ3) is 4.41. The fraction of sp³-hybridized carbons (Fsp3) is 0.217. The lowest BCUT2D eigenvalue weighted by atomic mass is 9.86. The number of aromatic nitrogens is 2. The number of anilines is 1. The molecule has 1 aliphatic rings. The van der Waals surface area contributed by atoms with Crippen LogP contribution in [0.1, 0.15) is 24.8 Å². The zero-order valence-electron chi connectivity index (χ0n) is 15.4. The van der Waals surface area contributed by atoms with Crippen LogP contribution in [0.25, 0.3) is 11.4 Å². The molecule has 1 saturated carbocycles. The number of carbonyl (C=O) groups is 1. The Labute approximate surface area is 164 Å². The van der Waals surface area contributed by atoms with E-state index in [0.717, 1.165) is 17.0 Å². The number of nitrogens with one attached hydrogen (secondary N) is 2. The first-order valence-electron chi connectivity index (χ1n) is 9.42. The van der Waals surface area contributed by atoms with Crippen LogP contribution in [0.4, 0.5) is 5.69 Å². The van der Waals surface area contributed by atoms with Gasteiger partial charge in [0, 0.05) is 29.4 Å². The van der Waals surface area contributed by atoms with Gasteiger partial charge in [0.1, 0.15) is 11.6 Å². The van der Waals surface area contributed by atoms with E-state index in [1.54, 1.807) is 12.4 Å². The zero-order chi connectivity index (χ0) is 19.2. The maximum absolute atomic E-state index is 12.4. The molecule has 1 fully saturated rings. The van der Waals surface area contributed by atoms with Gasteiger partial charge in [0.25, 0.3) is 0 Å². The lowest BCUT2D eigenvalue weighted by Crippen LogP contribution is -2.20. The summed E-state index contributed by atoms with van der Waals surface area (Å²) in [5, 5.41) is 2.86. The minimum Gasteiger partial charge on any atom is -0.491 e. The lowest BCUT2D eigenvalue weighted by molar-refractivity contribution is -0.111. The maximum atomic E-state index is 12.4. The van der Waals surface area contributed by atoms with Crippen LogP contribution in [0.5, 0.6) is 5.75 Å². The highest BCUT2D eigenvalue weighted by molar-refractivity contribution is 6.05. The molecule has 1 heterocycles. The van der Waals surface area contributed by atoms with Gasteiger partial charge in [-0.3, -0.25) is 4.79 Å². The Kier molecular flexibility index (Phi) is 5.39. The van der Waals surface area contributed by atoms with Crippen LogP contribution in [0, 0.1) is 17.8 Å². The van der Waals surface area contributed by atoms with Crippen LogP contribution in [0.3, 0.4) is 0 Å². The molecule has 4 rings (SSSR count). The third-order valence-corrected chi connectivity index (χ3v) is 4.79. The molecule has 28 heavy (non-hydrogen) atoms. The molecule has 2 aromatic carbocycles. The molecule has 0 aliphatic heterocycles. The monoisotopic (exact) mass is 371 g/mol. The number of hydrogen-bond donors (Lipinski definition) is 2. The molecule has 0 unspecified atom stereocenters. The van der Waals surface area contributed by atoms with Crippen LogP contribution >= 0.6 is 0 Å². The number of H-pyrrole nitrogens is 1. The summed E-state index contributed by atoms with van der Waals surface area (Å²) in [7, 11) is 0. The highest BCUT2D eigenvalue weighted by Crippen LogP contribution is 2.32. The number of carbonyl (C=O) groups excluding carboxylic acids is 1. The summed E-state index contributed by atoms with van der Waals surface area (Å²) < 4.78 is 5.98. The van der Waals surface area contributed by atoms with Crippen LogP contribution in [-0.2, 0) is 4.79 Å². The number of aromatic amines is 1. The highest BCUT2D eigenvalue weighted by atomic mass is 16.5. The average molecular weight is 371 g/mol. The smallest absolute Gasteiger partial charge is 0.300 e. The third-order valence-electron chi connectivity index (χ3n) is 4.79. The molecule has 2 N–H and O–H groups in total. The fourth-order valence-electron chi connectivity index (χ4n) is 3.00. The largest absolute Gasteiger partial charge is 0.491 e. The first kappa shape index (κ1) is 17.9. The summed E-state index contributed by atoms with van der Waals surface area (Å²) in [6.07, 6.45) is 7.13. The minimum absolute atomic E-state index is 0.381. The van der Waals surface area contributed by atoms with Crippen molar-refractivity contribution >= 4 is 11.6 Å². The predicted octanol–water partition coefficient (Wildman–Crippen LogP) is 4.25. The van der Waals surface area contributed by atoms with Crippen molar-refractivity contribution in [1.82, 2.24) is 9.97 Å². The van der Waals surface area contributed by atoms with Crippen molar-refractivity contribution in [2.24, 2.45) is 5.92 Å². The Morgan fingerprint density at radius 2 is 2.07 bits per heavy atom. The summed E-state index contributed by atoms with van der Waals surface area (Å²) in [6, 6.07) is 15.1. The van der Waals surface area contributed by atoms with Crippen molar-refractivity contribution in [3.8, 4) is 29.0 Å². The van der Waals surface area contributed by atoms with E-state index >= 15 is 0 Å². The van der Waals surface area contributed by atoms with Gasteiger partial charge in [-0.1, -0.05) is 30.5 Å². The van der Waals surface area contributed by atoms with Gasteiger partial charge in [-0.25, -0.2) is 4.98 Å². The Hall–Kier alpha value is -3.52. The Morgan fingerprint density at radius 3 is 2.79 bits per heavy atom. The van der Waals surface area contributed by atoms with E-state index < -0.39 is 0 Å². The molecule has 0 spiro atoms. The Morgan fingerprint density at radius 1 is 1.21 bits per heavy atom. The van der Waals surface area contributed by atoms with Crippen molar-refractivity contribution in [3.63, 3.8) is 0 Å². The Balaban J connectivity index is 1.54. The second-order valence-corrected chi connectivity index (χ2v) is 6.83. The number of nitrogens with zero attached hydrogens (tertiary/aromatic N) is 1. The molecule has 1 amide bonds. The second-order valence-electron chi connectivity index (χ2n) is 6.83. The van der Waals surface area contributed by atoms with Crippen molar-refractivity contribution in [3.05, 3.63) is 66.5 Å². The van der Waals surface area contributed by atoms with Crippen molar-refractivity contribution in [1.29, 1.82) is 0 Å². The molecule has 5 heteroatoms. The number of imidazole rings is 1. The summed E-state index contributed by atoms with van der Waals surface area (Å²) >= 11 is 0. The average Bonchev–Trinajstić information content (AvgIpc) is 3.22. The fourth-order valence-corrected chi connectivity index (χ4v) is 3.00. The number of hydrogen-bond acceptors (Lipinski definition) is 3. The summed E-state index contributed by atoms with van der Waals surface area (Å²) in [5.74, 6) is 7.12. The van der Waals surface area contributed by atoms with Crippen molar-refractivity contribution < 1.29 is 9.53 Å². The van der Waals surface area contributed by atoms with Gasteiger partial charge >= 0.3 is 5.91 Å². The van der Waals surface area contributed by atoms with E-state index in [1.165, 1.54) is 19.3 Å². The lowest BCUT2D eigenvalue weighted by Gasteiger charge is -2.25. The van der Waals surface area contributed by atoms with Crippen LogP contribution in [0.2, 0.25) is 0 Å². The van der Waals surface area contributed by atoms with E-state index in [0.29, 0.717) is 24.0 Å². The maximum Gasteiger partial charge on any atom is 0.300 e. The standard InChI is InChI=1S/C23H21N3O2/c27-22(12-9-17-5-2-1-3-6-17)26-20-15-19(23-24-13-14-25-23)10-11-21(20)28-16-18-7-4-8-18/h1-3,5-6,10-11,13-15,18H,4,7-8,16H2,(H,24,25)(H,26,27). The van der Waals surface area contributed by atoms with Crippen LogP contribution in [0.15, 0.2) is 60.9 Å². The van der Waals surface area contributed by atoms with Gasteiger partial charge < -0.3 is 15.0 Å². The van der Waals surface area contributed by atoms with Crippen LogP contribution in [-0.4, -0.2) is 22.5 Å². The highest BCUT2D eigenvalue weighted by Gasteiger charge is 2.19. The van der Waals surface area contributed by atoms with Gasteiger partial charge in [-0.15, -0.1) is 0 Å². The van der Waals surface area contributed by atoms with Gasteiger partial charge in [0.2, 0.25) is 0 Å². The molecule has 1 aliphatic carbocycles. The van der Waals surface area contributed by atoms with E-state index in [2.05, 4.69) is 27.1 Å². The normalized spacial score (nSPS) is 13.1. The number of rotatable bonds is 5. The second kappa shape index (κ2) is 8.45. The van der Waals surface area contributed by atoms with Gasteiger partial charge in [0.05, 0.1) is 12.3 Å². The molecule has 0 saturated heterocycles. The first-order valence-corrected chi connectivity index (χ1v) is 9.42. The van der Waals surface area contributed by atoms with E-state index in [1.807, 2.05) is 48.5 Å². The quantitative estimate of drug-likeness (QED) is 0.659. The first-order chi connectivity index (χ1) is 13.8. The molecular formula is C23H21N3O2. The Bertz CT molecular complexity index is 997. The van der Waals surface area contributed by atoms with Crippen molar-refractivity contribution in [2.75, 3.05) is 11.9 Å². The number of ether oxygens (including phenoxy) is 1. The minimum atomic E-state index is -0.381. The number of amides is 1.